The van der Waals surface area contributed by atoms with Crippen LogP contribution in [0.25, 0.3) is 0 Å². The summed E-state index contributed by atoms with van der Waals surface area (Å²) in [5.41, 5.74) is -0.341. The lowest BCUT2D eigenvalue weighted by Gasteiger charge is -2.19. The zero-order chi connectivity index (χ0) is 13.9. The number of nitrogens with one attached hydrogen (secondary N) is 1. The Bertz CT molecular complexity index is 455. The van der Waals surface area contributed by atoms with Crippen molar-refractivity contribution in [2.24, 2.45) is 0 Å². The van der Waals surface area contributed by atoms with Crippen LogP contribution in [-0.2, 0) is 4.79 Å². The van der Waals surface area contributed by atoms with E-state index in [1.807, 2.05) is 0 Å². The van der Waals surface area contributed by atoms with Crippen molar-refractivity contribution in [1.82, 2.24) is 10.5 Å². The largest absolute Gasteiger partial charge is 0.481 e. The predicted molar refractivity (Wildman–Crippen MR) is 50.8 cm³/mol. The van der Waals surface area contributed by atoms with Gasteiger partial charge in [-0.2, -0.15) is 13.2 Å². The summed E-state index contributed by atoms with van der Waals surface area (Å²) in [5, 5.41) is 13.1. The van der Waals surface area contributed by atoms with E-state index in [2.05, 4.69) is 9.68 Å². The lowest BCUT2D eigenvalue weighted by Crippen LogP contribution is -2.46. The Balaban J connectivity index is 2.78. The van der Waals surface area contributed by atoms with Crippen molar-refractivity contribution in [2.75, 3.05) is 0 Å². The van der Waals surface area contributed by atoms with Crippen molar-refractivity contribution >= 4 is 11.9 Å². The fourth-order valence-corrected chi connectivity index (χ4v) is 1.13. The summed E-state index contributed by atoms with van der Waals surface area (Å²) in [6.07, 6.45) is -6.11. The maximum Gasteiger partial charge on any atom is 0.409 e. The molecular formula is C9H9F3N2O4. The van der Waals surface area contributed by atoms with Gasteiger partial charge in [0, 0.05) is 6.07 Å². The molecule has 9 heteroatoms. The average Bonchev–Trinajstić information content (AvgIpc) is 2.61. The van der Waals surface area contributed by atoms with Gasteiger partial charge in [0.2, 0.25) is 0 Å². The molecule has 0 saturated carbocycles. The van der Waals surface area contributed by atoms with Crippen molar-refractivity contribution < 1.29 is 32.4 Å². The molecule has 0 bridgehead atoms. The molecule has 1 amide bonds. The molecule has 18 heavy (non-hydrogen) atoms. The van der Waals surface area contributed by atoms with E-state index in [1.54, 1.807) is 5.32 Å². The number of hydrogen-bond acceptors (Lipinski definition) is 4. The monoisotopic (exact) mass is 266 g/mol. The highest BCUT2D eigenvalue weighted by atomic mass is 19.4. The van der Waals surface area contributed by atoms with Gasteiger partial charge >= 0.3 is 12.1 Å². The first-order valence-corrected chi connectivity index (χ1v) is 4.73. The third-order valence-electron chi connectivity index (χ3n) is 1.94. The molecule has 1 rings (SSSR count). The molecule has 0 radical (unpaired) electrons. The molecule has 0 spiro atoms. The van der Waals surface area contributed by atoms with Crippen molar-refractivity contribution in [3.63, 3.8) is 0 Å². The molecule has 1 aromatic rings. The number of carbonyl (C=O) groups is 2. The Hall–Kier alpha value is -2.06. The SMILES string of the molecule is Cc1cc(C(=O)NC(CC(=O)O)C(F)(F)F)no1. The van der Waals surface area contributed by atoms with E-state index < -0.39 is 30.5 Å². The zero-order valence-electron chi connectivity index (χ0n) is 9.11. The smallest absolute Gasteiger partial charge is 0.409 e. The number of carboxylic acids is 1. The topological polar surface area (TPSA) is 92.4 Å². The molecule has 1 unspecified atom stereocenters. The summed E-state index contributed by atoms with van der Waals surface area (Å²) in [4.78, 5) is 21.7. The van der Waals surface area contributed by atoms with Crippen LogP contribution >= 0.6 is 0 Å². The van der Waals surface area contributed by atoms with E-state index in [-0.39, 0.29) is 11.5 Å². The molecule has 0 aliphatic carbocycles. The predicted octanol–water partition coefficient (Wildman–Crippen LogP) is 1.12. The summed E-state index contributed by atoms with van der Waals surface area (Å²) in [7, 11) is 0. The first-order chi connectivity index (χ1) is 8.20. The quantitative estimate of drug-likeness (QED) is 0.851. The summed E-state index contributed by atoms with van der Waals surface area (Å²) < 4.78 is 41.8. The molecule has 0 aromatic carbocycles. The molecule has 0 aliphatic heterocycles. The van der Waals surface area contributed by atoms with Gasteiger partial charge in [-0.15, -0.1) is 0 Å². The Morgan fingerprint density at radius 3 is 2.56 bits per heavy atom. The van der Waals surface area contributed by atoms with Gasteiger partial charge in [-0.3, -0.25) is 9.59 Å². The Morgan fingerprint density at radius 1 is 1.56 bits per heavy atom. The second-order valence-corrected chi connectivity index (χ2v) is 3.49. The van der Waals surface area contributed by atoms with Gasteiger partial charge in [0.25, 0.3) is 5.91 Å². The van der Waals surface area contributed by atoms with E-state index in [4.69, 9.17) is 5.11 Å². The summed E-state index contributed by atoms with van der Waals surface area (Å²) in [5.74, 6) is -2.56. The van der Waals surface area contributed by atoms with Gasteiger partial charge in [-0.25, -0.2) is 0 Å². The van der Waals surface area contributed by atoms with Gasteiger partial charge in [-0.1, -0.05) is 5.16 Å². The minimum atomic E-state index is -4.85. The lowest BCUT2D eigenvalue weighted by molar-refractivity contribution is -0.165. The van der Waals surface area contributed by atoms with E-state index >= 15 is 0 Å². The molecule has 100 valence electrons. The Labute approximate surface area is 98.8 Å². The zero-order valence-corrected chi connectivity index (χ0v) is 9.11. The van der Waals surface area contributed by atoms with Crippen molar-refractivity contribution in [3.05, 3.63) is 17.5 Å². The first-order valence-electron chi connectivity index (χ1n) is 4.73. The van der Waals surface area contributed by atoms with Crippen LogP contribution < -0.4 is 5.32 Å². The molecule has 2 N–H and O–H groups in total. The minimum absolute atomic E-state index is 0.252. The Morgan fingerprint density at radius 2 is 2.17 bits per heavy atom. The van der Waals surface area contributed by atoms with E-state index in [9.17, 15) is 22.8 Å². The number of rotatable bonds is 4. The van der Waals surface area contributed by atoms with Gasteiger partial charge in [0.05, 0.1) is 6.42 Å². The maximum absolute atomic E-state index is 12.4. The van der Waals surface area contributed by atoms with Crippen LogP contribution in [0.3, 0.4) is 0 Å². The van der Waals surface area contributed by atoms with Crippen molar-refractivity contribution in [3.8, 4) is 0 Å². The number of halogens is 3. The first kappa shape index (κ1) is 14.0. The normalized spacial score (nSPS) is 13.1. The van der Waals surface area contributed by atoms with Crippen LogP contribution in [-0.4, -0.2) is 34.4 Å². The van der Waals surface area contributed by atoms with Crippen LogP contribution in [0.15, 0.2) is 10.6 Å². The number of aliphatic carboxylic acids is 1. The number of hydrogen-bond donors (Lipinski definition) is 2. The van der Waals surface area contributed by atoms with Gasteiger partial charge < -0.3 is 14.9 Å². The number of alkyl halides is 3. The molecule has 0 fully saturated rings. The van der Waals surface area contributed by atoms with Gasteiger partial charge in [0.15, 0.2) is 5.69 Å². The number of nitrogens with zero attached hydrogens (tertiary/aromatic N) is 1. The highest BCUT2D eigenvalue weighted by molar-refractivity contribution is 5.92. The standard InChI is InChI=1S/C9H9F3N2O4/c1-4-2-5(14-18-4)8(17)13-6(3-7(15)16)9(10,11)12/h2,6H,3H2,1H3,(H,13,17)(H,15,16). The van der Waals surface area contributed by atoms with Crippen LogP contribution in [0.1, 0.15) is 22.7 Å². The van der Waals surface area contributed by atoms with E-state index in [0.717, 1.165) is 6.07 Å². The second kappa shape index (κ2) is 5.07. The molecule has 1 heterocycles. The minimum Gasteiger partial charge on any atom is -0.481 e. The number of carbonyl (C=O) groups excluding carboxylic acids is 1. The van der Waals surface area contributed by atoms with Gasteiger partial charge in [0.1, 0.15) is 11.8 Å². The average molecular weight is 266 g/mol. The highest BCUT2D eigenvalue weighted by Crippen LogP contribution is 2.22. The Kier molecular flexibility index (Phi) is 3.94. The maximum atomic E-state index is 12.4. The fraction of sp³-hybridized carbons (Fsp3) is 0.444. The highest BCUT2D eigenvalue weighted by Gasteiger charge is 2.42. The van der Waals surface area contributed by atoms with Crippen LogP contribution in [0, 0.1) is 6.92 Å². The van der Waals surface area contributed by atoms with Crippen molar-refractivity contribution in [1.29, 1.82) is 0 Å². The van der Waals surface area contributed by atoms with E-state index in [0.29, 0.717) is 0 Å². The van der Waals surface area contributed by atoms with E-state index in [1.165, 1.54) is 6.92 Å². The molecule has 1 atom stereocenters. The van der Waals surface area contributed by atoms with Crippen LogP contribution in [0.4, 0.5) is 13.2 Å². The third kappa shape index (κ3) is 3.75. The number of aryl methyl sites for hydroxylation is 1. The fourth-order valence-electron chi connectivity index (χ4n) is 1.13. The summed E-state index contributed by atoms with van der Waals surface area (Å²) in [6, 6.07) is -1.33. The lowest BCUT2D eigenvalue weighted by atomic mass is 10.2. The molecule has 0 saturated heterocycles. The van der Waals surface area contributed by atoms with Crippen molar-refractivity contribution in [2.45, 2.75) is 25.6 Å². The number of amides is 1. The third-order valence-corrected chi connectivity index (χ3v) is 1.94. The number of aromatic nitrogens is 1. The summed E-state index contributed by atoms with van der Waals surface area (Å²) >= 11 is 0. The van der Waals surface area contributed by atoms with Gasteiger partial charge in [-0.05, 0) is 6.92 Å². The molecule has 6 nitrogen and oxygen atoms in total. The van der Waals surface area contributed by atoms with Crippen LogP contribution in [0.2, 0.25) is 0 Å². The van der Waals surface area contributed by atoms with Crippen LogP contribution in [0.5, 0.6) is 0 Å². The number of carboxylic acid groups (broad SMARTS) is 1. The summed E-state index contributed by atoms with van der Waals surface area (Å²) in [6.45, 7) is 1.46. The molecule has 0 aliphatic rings. The molecule has 1 aromatic heterocycles. The molecular weight excluding hydrogens is 257 g/mol. The second-order valence-electron chi connectivity index (χ2n) is 3.49.